The van der Waals surface area contributed by atoms with Crippen molar-refractivity contribution in [2.45, 2.75) is 12.0 Å². The number of benzene rings is 1. The molecule has 21 heavy (non-hydrogen) atoms. The van der Waals surface area contributed by atoms with Gasteiger partial charge in [0.2, 0.25) is 0 Å². The SMILES string of the molecule is O=C(C[C@]1(O)C(=O)Nc2ccc(I)cc21)c1ccccn1. The summed E-state index contributed by atoms with van der Waals surface area (Å²) in [6.45, 7) is 0. The molecular formula is C15H11IN2O3. The number of ketones is 1. The average Bonchev–Trinajstić information content (AvgIpc) is 2.72. The number of pyridine rings is 1. The summed E-state index contributed by atoms with van der Waals surface area (Å²) in [6, 6.07) is 10.2. The van der Waals surface area contributed by atoms with Crippen molar-refractivity contribution in [2.75, 3.05) is 5.32 Å². The predicted molar refractivity (Wildman–Crippen MR) is 84.9 cm³/mol. The largest absolute Gasteiger partial charge is 0.375 e. The molecule has 0 spiro atoms. The molecule has 1 aliphatic heterocycles. The first kappa shape index (κ1) is 14.2. The van der Waals surface area contributed by atoms with Crippen molar-refractivity contribution in [1.29, 1.82) is 0 Å². The molecule has 0 unspecified atom stereocenters. The van der Waals surface area contributed by atoms with Gasteiger partial charge in [0.25, 0.3) is 5.91 Å². The van der Waals surface area contributed by atoms with Crippen molar-refractivity contribution in [3.8, 4) is 0 Å². The molecule has 2 N–H and O–H groups in total. The van der Waals surface area contributed by atoms with Gasteiger partial charge >= 0.3 is 0 Å². The second-order valence-electron chi connectivity index (χ2n) is 4.82. The van der Waals surface area contributed by atoms with E-state index in [1.807, 2.05) is 6.07 Å². The number of hydrogen-bond donors (Lipinski definition) is 2. The monoisotopic (exact) mass is 394 g/mol. The molecule has 0 aliphatic carbocycles. The van der Waals surface area contributed by atoms with Crippen molar-refractivity contribution in [1.82, 2.24) is 4.98 Å². The molecule has 1 atom stereocenters. The van der Waals surface area contributed by atoms with E-state index in [1.54, 1.807) is 30.3 Å². The summed E-state index contributed by atoms with van der Waals surface area (Å²) in [5, 5.41) is 13.3. The van der Waals surface area contributed by atoms with Crippen molar-refractivity contribution < 1.29 is 14.7 Å². The van der Waals surface area contributed by atoms with E-state index in [0.717, 1.165) is 3.57 Å². The number of carbonyl (C=O) groups excluding carboxylic acids is 2. The van der Waals surface area contributed by atoms with Gasteiger partial charge in [0, 0.05) is 21.0 Å². The van der Waals surface area contributed by atoms with E-state index in [9.17, 15) is 14.7 Å². The molecule has 1 amide bonds. The van der Waals surface area contributed by atoms with Crippen LogP contribution in [-0.2, 0) is 10.4 Å². The number of rotatable bonds is 3. The lowest BCUT2D eigenvalue weighted by atomic mass is 9.89. The molecule has 0 bridgehead atoms. The van der Waals surface area contributed by atoms with Crippen LogP contribution >= 0.6 is 22.6 Å². The van der Waals surface area contributed by atoms with E-state index in [2.05, 4.69) is 32.9 Å². The molecule has 2 heterocycles. The lowest BCUT2D eigenvalue weighted by molar-refractivity contribution is -0.133. The molecule has 1 aromatic carbocycles. The molecule has 2 aromatic rings. The number of carbonyl (C=O) groups is 2. The summed E-state index contributed by atoms with van der Waals surface area (Å²) in [5.41, 5.74) is -0.635. The summed E-state index contributed by atoms with van der Waals surface area (Å²) in [5.74, 6) is -0.955. The van der Waals surface area contributed by atoms with E-state index in [-0.39, 0.29) is 17.9 Å². The maximum Gasteiger partial charge on any atom is 0.261 e. The highest BCUT2D eigenvalue weighted by Crippen LogP contribution is 2.39. The number of nitrogens with one attached hydrogen (secondary N) is 1. The summed E-state index contributed by atoms with van der Waals surface area (Å²) in [6.07, 6.45) is 1.17. The normalized spacial score (nSPS) is 20.0. The molecule has 6 heteroatoms. The van der Waals surface area contributed by atoms with E-state index in [4.69, 9.17) is 0 Å². The highest BCUT2D eigenvalue weighted by atomic mass is 127. The number of Topliss-reactive ketones (excluding diaryl/α,β-unsaturated/α-hetero) is 1. The first-order valence-corrected chi connectivity index (χ1v) is 7.37. The highest BCUT2D eigenvalue weighted by molar-refractivity contribution is 14.1. The minimum atomic E-state index is -1.84. The molecular weight excluding hydrogens is 383 g/mol. The summed E-state index contributed by atoms with van der Waals surface area (Å²) in [7, 11) is 0. The lowest BCUT2D eigenvalue weighted by Gasteiger charge is -2.19. The number of aliphatic hydroxyl groups is 1. The fourth-order valence-corrected chi connectivity index (χ4v) is 2.83. The average molecular weight is 394 g/mol. The fraction of sp³-hybridized carbons (Fsp3) is 0.133. The Bertz CT molecular complexity index is 733. The Morgan fingerprint density at radius 2 is 2.14 bits per heavy atom. The number of anilines is 1. The standard InChI is InChI=1S/C15H11IN2O3/c16-9-4-5-11-10(7-9)15(21,14(20)18-11)8-13(19)12-3-1-2-6-17-12/h1-7,21H,8H2,(H,18,20)/t15-/m1/s1. The number of nitrogens with zero attached hydrogens (tertiary/aromatic N) is 1. The molecule has 0 fully saturated rings. The predicted octanol–water partition coefficient (Wildman–Crippen LogP) is 2.10. The molecule has 1 aliphatic rings. The summed E-state index contributed by atoms with van der Waals surface area (Å²) in [4.78, 5) is 28.3. The molecule has 1 aromatic heterocycles. The molecule has 3 rings (SSSR count). The van der Waals surface area contributed by atoms with Crippen molar-refractivity contribution in [3.63, 3.8) is 0 Å². The van der Waals surface area contributed by atoms with Gasteiger partial charge in [-0.2, -0.15) is 0 Å². The minimum Gasteiger partial charge on any atom is -0.375 e. The third-order valence-corrected chi connectivity index (χ3v) is 4.09. The first-order valence-electron chi connectivity index (χ1n) is 6.29. The Morgan fingerprint density at radius 1 is 1.33 bits per heavy atom. The second kappa shape index (κ2) is 5.19. The third-order valence-electron chi connectivity index (χ3n) is 3.42. The maximum atomic E-state index is 12.2. The van der Waals surface area contributed by atoms with E-state index in [1.165, 1.54) is 6.20 Å². The molecule has 0 saturated carbocycles. The van der Waals surface area contributed by atoms with Gasteiger partial charge in [-0.15, -0.1) is 0 Å². The van der Waals surface area contributed by atoms with Crippen LogP contribution in [0.15, 0.2) is 42.6 Å². The third kappa shape index (κ3) is 2.44. The minimum absolute atomic E-state index is 0.234. The number of fused-ring (bicyclic) bond motifs is 1. The van der Waals surface area contributed by atoms with Crippen molar-refractivity contribution in [3.05, 3.63) is 57.4 Å². The molecule has 0 saturated heterocycles. The van der Waals surface area contributed by atoms with Gasteiger partial charge in [-0.05, 0) is 52.9 Å². The second-order valence-corrected chi connectivity index (χ2v) is 6.06. The van der Waals surface area contributed by atoms with Gasteiger partial charge in [0.1, 0.15) is 5.69 Å². The lowest BCUT2D eigenvalue weighted by Crippen LogP contribution is -2.36. The molecule has 0 radical (unpaired) electrons. The smallest absolute Gasteiger partial charge is 0.261 e. The highest BCUT2D eigenvalue weighted by Gasteiger charge is 2.47. The Morgan fingerprint density at radius 3 is 2.86 bits per heavy atom. The van der Waals surface area contributed by atoms with E-state index >= 15 is 0 Å². The van der Waals surface area contributed by atoms with Crippen LogP contribution in [0.3, 0.4) is 0 Å². The maximum absolute atomic E-state index is 12.2. The van der Waals surface area contributed by atoms with Gasteiger partial charge in [0.15, 0.2) is 11.4 Å². The van der Waals surface area contributed by atoms with Crippen LogP contribution in [0.25, 0.3) is 0 Å². The Labute approximate surface area is 134 Å². The Kier molecular flexibility index (Phi) is 3.50. The Balaban J connectivity index is 1.97. The van der Waals surface area contributed by atoms with Gasteiger partial charge in [-0.3, -0.25) is 14.6 Å². The number of halogens is 1. The van der Waals surface area contributed by atoms with Crippen LogP contribution in [0.2, 0.25) is 0 Å². The quantitative estimate of drug-likeness (QED) is 0.618. The van der Waals surface area contributed by atoms with E-state index in [0.29, 0.717) is 11.3 Å². The number of aromatic nitrogens is 1. The van der Waals surface area contributed by atoms with Gasteiger partial charge in [-0.25, -0.2) is 0 Å². The van der Waals surface area contributed by atoms with Crippen molar-refractivity contribution in [2.24, 2.45) is 0 Å². The van der Waals surface area contributed by atoms with Gasteiger partial charge < -0.3 is 10.4 Å². The van der Waals surface area contributed by atoms with Crippen LogP contribution in [0, 0.1) is 3.57 Å². The zero-order valence-corrected chi connectivity index (χ0v) is 13.0. The van der Waals surface area contributed by atoms with Crippen LogP contribution < -0.4 is 5.32 Å². The Hall–Kier alpha value is -1.80. The topological polar surface area (TPSA) is 79.3 Å². The van der Waals surface area contributed by atoms with Crippen molar-refractivity contribution >= 4 is 40.0 Å². The zero-order chi connectivity index (χ0) is 15.0. The first-order chi connectivity index (χ1) is 10.0. The number of hydrogen-bond acceptors (Lipinski definition) is 4. The number of amides is 1. The van der Waals surface area contributed by atoms with Crippen LogP contribution in [-0.4, -0.2) is 21.8 Å². The summed E-state index contributed by atoms with van der Waals surface area (Å²) >= 11 is 2.09. The molecule has 106 valence electrons. The van der Waals surface area contributed by atoms with Crippen LogP contribution in [0.5, 0.6) is 0 Å². The molecule has 5 nitrogen and oxygen atoms in total. The zero-order valence-electron chi connectivity index (χ0n) is 10.8. The van der Waals surface area contributed by atoms with Gasteiger partial charge in [-0.1, -0.05) is 6.07 Å². The van der Waals surface area contributed by atoms with E-state index < -0.39 is 11.5 Å². The fourth-order valence-electron chi connectivity index (χ4n) is 2.34. The van der Waals surface area contributed by atoms with Crippen LogP contribution in [0.4, 0.5) is 5.69 Å². The van der Waals surface area contributed by atoms with Crippen LogP contribution in [0.1, 0.15) is 22.5 Å². The summed E-state index contributed by atoms with van der Waals surface area (Å²) < 4.78 is 0.881. The van der Waals surface area contributed by atoms with Gasteiger partial charge in [0.05, 0.1) is 6.42 Å².